The van der Waals surface area contributed by atoms with E-state index < -0.39 is 0 Å². The van der Waals surface area contributed by atoms with Crippen LogP contribution in [0.5, 0.6) is 0 Å². The highest BCUT2D eigenvalue weighted by molar-refractivity contribution is 8.00. The molecule has 1 fully saturated rings. The first kappa shape index (κ1) is 19.8. The number of guanidine groups is 1. The van der Waals surface area contributed by atoms with Gasteiger partial charge in [0.05, 0.1) is 18.8 Å². The average molecular weight is 386 g/mol. The molecule has 1 aromatic carbocycles. The maximum absolute atomic E-state index is 4.82. The number of aromatic nitrogens is 2. The monoisotopic (exact) mass is 385 g/mol. The minimum atomic E-state index is 0.652. The van der Waals surface area contributed by atoms with Crippen molar-refractivity contribution < 1.29 is 0 Å². The highest BCUT2D eigenvalue weighted by Crippen LogP contribution is 2.25. The SMILES string of the molecule is CCNC(=NCc1c(C)nn(Cc2ccccc2)c1C)NCC1CCCS1. The van der Waals surface area contributed by atoms with Gasteiger partial charge in [0.2, 0.25) is 0 Å². The summed E-state index contributed by atoms with van der Waals surface area (Å²) in [4.78, 5) is 4.82. The van der Waals surface area contributed by atoms with Gasteiger partial charge in [0.15, 0.2) is 5.96 Å². The predicted octanol–water partition coefficient (Wildman–Crippen LogP) is 3.50. The third kappa shape index (κ3) is 5.51. The van der Waals surface area contributed by atoms with Gasteiger partial charge in [-0.15, -0.1) is 0 Å². The van der Waals surface area contributed by atoms with Gasteiger partial charge in [-0.3, -0.25) is 4.68 Å². The number of thioether (sulfide) groups is 1. The minimum absolute atomic E-state index is 0.652. The molecule has 3 rings (SSSR count). The molecule has 1 aliphatic heterocycles. The molecule has 146 valence electrons. The van der Waals surface area contributed by atoms with Crippen molar-refractivity contribution in [2.24, 2.45) is 4.99 Å². The van der Waals surface area contributed by atoms with Gasteiger partial charge in [0.25, 0.3) is 0 Å². The van der Waals surface area contributed by atoms with E-state index in [2.05, 4.69) is 72.1 Å². The number of benzene rings is 1. The summed E-state index contributed by atoms with van der Waals surface area (Å²) < 4.78 is 2.09. The van der Waals surface area contributed by atoms with Crippen LogP contribution in [0.3, 0.4) is 0 Å². The van der Waals surface area contributed by atoms with Crippen LogP contribution < -0.4 is 10.6 Å². The summed E-state index contributed by atoms with van der Waals surface area (Å²) in [6.07, 6.45) is 2.64. The second-order valence-corrected chi connectivity index (χ2v) is 8.41. The smallest absolute Gasteiger partial charge is 0.191 e. The molecule has 1 aromatic heterocycles. The normalized spacial score (nSPS) is 17.3. The maximum Gasteiger partial charge on any atom is 0.191 e. The fourth-order valence-electron chi connectivity index (χ4n) is 3.39. The predicted molar refractivity (Wildman–Crippen MR) is 116 cm³/mol. The van der Waals surface area contributed by atoms with Gasteiger partial charge in [-0.1, -0.05) is 30.3 Å². The lowest BCUT2D eigenvalue weighted by atomic mass is 10.2. The van der Waals surface area contributed by atoms with Crippen molar-refractivity contribution in [2.45, 2.75) is 52.0 Å². The van der Waals surface area contributed by atoms with Gasteiger partial charge in [-0.25, -0.2) is 4.99 Å². The van der Waals surface area contributed by atoms with Crippen molar-refractivity contribution >= 4 is 17.7 Å². The van der Waals surface area contributed by atoms with Crippen molar-refractivity contribution in [3.63, 3.8) is 0 Å². The molecule has 1 atom stereocenters. The standard InChI is InChI=1S/C21H31N5S/c1-4-22-21(23-13-19-11-8-12-27-19)24-14-20-16(2)25-26(17(20)3)15-18-9-6-5-7-10-18/h5-7,9-10,19H,4,8,11-15H2,1-3H3,(H2,22,23,24). The lowest BCUT2D eigenvalue weighted by Crippen LogP contribution is -2.40. The van der Waals surface area contributed by atoms with Crippen molar-refractivity contribution in [3.05, 3.63) is 52.8 Å². The van der Waals surface area contributed by atoms with Crippen molar-refractivity contribution in [3.8, 4) is 0 Å². The van der Waals surface area contributed by atoms with E-state index in [1.165, 1.54) is 35.4 Å². The van der Waals surface area contributed by atoms with Gasteiger partial charge in [0.1, 0.15) is 0 Å². The van der Waals surface area contributed by atoms with E-state index in [1.807, 2.05) is 6.07 Å². The van der Waals surface area contributed by atoms with Crippen molar-refractivity contribution in [1.29, 1.82) is 0 Å². The fraction of sp³-hybridized carbons (Fsp3) is 0.524. The number of nitrogens with one attached hydrogen (secondary N) is 2. The van der Waals surface area contributed by atoms with Gasteiger partial charge >= 0.3 is 0 Å². The van der Waals surface area contributed by atoms with Crippen LogP contribution in [0.1, 0.15) is 42.3 Å². The Labute approximate surface area is 167 Å². The first-order valence-electron chi connectivity index (χ1n) is 9.88. The largest absolute Gasteiger partial charge is 0.357 e. The number of aryl methyl sites for hydroxylation is 1. The van der Waals surface area contributed by atoms with Crippen LogP contribution in [-0.4, -0.2) is 39.8 Å². The summed E-state index contributed by atoms with van der Waals surface area (Å²) in [6.45, 7) is 9.64. The maximum atomic E-state index is 4.82. The molecule has 6 heteroatoms. The van der Waals surface area contributed by atoms with Crippen molar-refractivity contribution in [1.82, 2.24) is 20.4 Å². The molecule has 2 N–H and O–H groups in total. The fourth-order valence-corrected chi connectivity index (χ4v) is 4.59. The number of hydrogen-bond donors (Lipinski definition) is 2. The molecule has 0 spiro atoms. The first-order valence-corrected chi connectivity index (χ1v) is 10.9. The van der Waals surface area contributed by atoms with E-state index in [4.69, 9.17) is 10.1 Å². The second-order valence-electron chi connectivity index (χ2n) is 7.00. The Balaban J connectivity index is 1.66. The lowest BCUT2D eigenvalue weighted by molar-refractivity contribution is 0.658. The summed E-state index contributed by atoms with van der Waals surface area (Å²) in [5, 5.41) is 12.3. The average Bonchev–Trinajstić information content (AvgIpc) is 3.28. The molecule has 2 aromatic rings. The highest BCUT2D eigenvalue weighted by Gasteiger charge is 2.16. The van der Waals surface area contributed by atoms with Crippen LogP contribution in [-0.2, 0) is 13.1 Å². The zero-order valence-corrected chi connectivity index (χ0v) is 17.5. The molecule has 2 heterocycles. The van der Waals surface area contributed by atoms with Crippen LogP contribution in [0, 0.1) is 13.8 Å². The number of rotatable bonds is 7. The molecular formula is C21H31N5S. The molecule has 0 amide bonds. The van der Waals surface area contributed by atoms with Gasteiger partial charge in [-0.05, 0) is 44.9 Å². The van der Waals surface area contributed by atoms with Gasteiger partial charge in [-0.2, -0.15) is 16.9 Å². The molecule has 1 saturated heterocycles. The number of nitrogens with zero attached hydrogens (tertiary/aromatic N) is 3. The number of aliphatic imine (C=N–C) groups is 1. The molecule has 0 bridgehead atoms. The molecule has 0 radical (unpaired) electrons. The molecule has 0 aliphatic carbocycles. The molecule has 1 aliphatic rings. The van der Waals surface area contributed by atoms with Gasteiger partial charge in [0, 0.05) is 29.6 Å². The van der Waals surface area contributed by atoms with E-state index in [0.717, 1.165) is 31.3 Å². The van der Waals surface area contributed by atoms with Crippen LogP contribution in [0.15, 0.2) is 35.3 Å². The third-order valence-corrected chi connectivity index (χ3v) is 6.37. The van der Waals surface area contributed by atoms with E-state index in [0.29, 0.717) is 11.8 Å². The van der Waals surface area contributed by atoms with Crippen LogP contribution in [0.4, 0.5) is 0 Å². The zero-order valence-electron chi connectivity index (χ0n) is 16.7. The van der Waals surface area contributed by atoms with E-state index >= 15 is 0 Å². The summed E-state index contributed by atoms with van der Waals surface area (Å²) >= 11 is 2.07. The Morgan fingerprint density at radius 3 is 2.78 bits per heavy atom. The molecule has 27 heavy (non-hydrogen) atoms. The van der Waals surface area contributed by atoms with Crippen LogP contribution in [0.2, 0.25) is 0 Å². The Morgan fingerprint density at radius 2 is 2.07 bits per heavy atom. The lowest BCUT2D eigenvalue weighted by Gasteiger charge is -2.14. The number of hydrogen-bond acceptors (Lipinski definition) is 3. The molecular weight excluding hydrogens is 354 g/mol. The Kier molecular flexibility index (Phi) is 7.21. The third-order valence-electron chi connectivity index (χ3n) is 4.97. The molecule has 1 unspecified atom stereocenters. The van der Waals surface area contributed by atoms with Crippen LogP contribution in [0.25, 0.3) is 0 Å². The van der Waals surface area contributed by atoms with E-state index in [-0.39, 0.29) is 0 Å². The Hall–Kier alpha value is -1.95. The van der Waals surface area contributed by atoms with E-state index in [1.54, 1.807) is 0 Å². The minimum Gasteiger partial charge on any atom is -0.357 e. The quantitative estimate of drug-likeness (QED) is 0.566. The summed E-state index contributed by atoms with van der Waals surface area (Å²) in [5.41, 5.74) is 4.75. The Bertz CT molecular complexity index is 747. The van der Waals surface area contributed by atoms with Crippen LogP contribution >= 0.6 is 11.8 Å². The van der Waals surface area contributed by atoms with Crippen molar-refractivity contribution in [2.75, 3.05) is 18.8 Å². The summed E-state index contributed by atoms with van der Waals surface area (Å²) in [6, 6.07) is 10.5. The second kappa shape index (κ2) is 9.83. The topological polar surface area (TPSA) is 54.2 Å². The Morgan fingerprint density at radius 1 is 1.26 bits per heavy atom. The molecule has 5 nitrogen and oxygen atoms in total. The first-order chi connectivity index (χ1) is 13.2. The summed E-state index contributed by atoms with van der Waals surface area (Å²) in [7, 11) is 0. The zero-order chi connectivity index (χ0) is 19.1. The van der Waals surface area contributed by atoms with Gasteiger partial charge < -0.3 is 10.6 Å². The highest BCUT2D eigenvalue weighted by atomic mass is 32.2. The molecule has 0 saturated carbocycles. The van der Waals surface area contributed by atoms with E-state index in [9.17, 15) is 0 Å². The summed E-state index contributed by atoms with van der Waals surface area (Å²) in [5.74, 6) is 2.19.